The summed E-state index contributed by atoms with van der Waals surface area (Å²) in [5, 5.41) is 30.9. The predicted molar refractivity (Wildman–Crippen MR) is 183 cm³/mol. The summed E-state index contributed by atoms with van der Waals surface area (Å²) >= 11 is 0. The number of hydrogen-bond acceptors (Lipinski definition) is 7. The van der Waals surface area contributed by atoms with Crippen molar-refractivity contribution in [2.45, 2.75) is 135 Å². The number of oxime groups is 1. The molecular formula is C38H57N3O7. The number of rotatable bonds is 10. The third kappa shape index (κ3) is 7.05. The van der Waals surface area contributed by atoms with Crippen molar-refractivity contribution in [3.63, 3.8) is 0 Å². The van der Waals surface area contributed by atoms with Crippen LogP contribution in [0.3, 0.4) is 0 Å². The van der Waals surface area contributed by atoms with Crippen molar-refractivity contribution in [3.8, 4) is 12.3 Å². The van der Waals surface area contributed by atoms with Crippen LogP contribution in [0.15, 0.2) is 16.8 Å². The van der Waals surface area contributed by atoms with Gasteiger partial charge in [-0.15, -0.1) is 6.42 Å². The molecule has 266 valence electrons. The zero-order valence-corrected chi connectivity index (χ0v) is 29.8. The van der Waals surface area contributed by atoms with Crippen molar-refractivity contribution in [3.05, 3.63) is 11.6 Å². The minimum Gasteiger partial charge on any atom is -0.481 e. The molecule has 1 heterocycles. The van der Waals surface area contributed by atoms with Crippen LogP contribution in [0.2, 0.25) is 0 Å². The van der Waals surface area contributed by atoms with Crippen molar-refractivity contribution >= 4 is 23.5 Å². The zero-order valence-electron chi connectivity index (χ0n) is 29.8. The normalized spacial score (nSPS) is 37.6. The number of nitrogens with one attached hydrogen (secondary N) is 2. The van der Waals surface area contributed by atoms with Crippen LogP contribution in [0.4, 0.5) is 0 Å². The minimum absolute atomic E-state index is 0.0486. The van der Waals surface area contributed by atoms with Crippen LogP contribution < -0.4 is 10.6 Å². The second-order valence-electron chi connectivity index (χ2n) is 16.7. The van der Waals surface area contributed by atoms with Gasteiger partial charge >= 0.3 is 5.97 Å². The van der Waals surface area contributed by atoms with Gasteiger partial charge in [-0.25, -0.2) is 0 Å². The van der Waals surface area contributed by atoms with E-state index in [1.807, 2.05) is 27.7 Å². The lowest BCUT2D eigenvalue weighted by Crippen LogP contribution is -2.55. The van der Waals surface area contributed by atoms with Gasteiger partial charge in [-0.3, -0.25) is 14.4 Å². The van der Waals surface area contributed by atoms with E-state index in [1.165, 1.54) is 5.57 Å². The van der Waals surface area contributed by atoms with E-state index in [9.17, 15) is 24.6 Å². The molecule has 3 saturated carbocycles. The lowest BCUT2D eigenvalue weighted by molar-refractivity contribution is -0.140. The lowest BCUT2D eigenvalue weighted by atomic mass is 9.46. The van der Waals surface area contributed by atoms with Gasteiger partial charge in [-0.05, 0) is 119 Å². The quantitative estimate of drug-likeness (QED) is 0.190. The van der Waals surface area contributed by atoms with Crippen LogP contribution in [0, 0.1) is 52.8 Å². The number of allylic oxidation sites excluding steroid dienone is 2. The molecule has 1 saturated heterocycles. The molecule has 0 aromatic heterocycles. The van der Waals surface area contributed by atoms with Gasteiger partial charge in [0.15, 0.2) is 6.61 Å². The molecule has 5 rings (SSSR count). The van der Waals surface area contributed by atoms with Crippen molar-refractivity contribution in [1.29, 1.82) is 0 Å². The summed E-state index contributed by atoms with van der Waals surface area (Å²) in [6, 6.07) is -1.42. The van der Waals surface area contributed by atoms with Gasteiger partial charge in [0.25, 0.3) is 5.91 Å². The van der Waals surface area contributed by atoms with Crippen LogP contribution >= 0.6 is 0 Å². The molecule has 0 bridgehead atoms. The molecule has 9 atom stereocenters. The fourth-order valence-corrected chi connectivity index (χ4v) is 10.2. The number of fused-ring (bicyclic) bond motifs is 5. The number of carbonyl (C=O) groups is 3. The molecular weight excluding hydrogens is 610 g/mol. The maximum Gasteiger partial charge on any atom is 0.305 e. The Balaban J connectivity index is 1.17. The molecule has 0 radical (unpaired) electrons. The van der Waals surface area contributed by atoms with E-state index < -0.39 is 41.1 Å². The van der Waals surface area contributed by atoms with Gasteiger partial charge in [0, 0.05) is 18.1 Å². The summed E-state index contributed by atoms with van der Waals surface area (Å²) < 4.78 is 5.80. The van der Waals surface area contributed by atoms with E-state index in [0.29, 0.717) is 43.6 Å². The predicted octanol–water partition coefficient (Wildman–Crippen LogP) is 4.99. The molecule has 0 aromatic rings. The van der Waals surface area contributed by atoms with E-state index in [1.54, 1.807) is 0 Å². The summed E-state index contributed by atoms with van der Waals surface area (Å²) in [5.41, 5.74) is 0.689. The molecule has 0 spiro atoms. The number of aliphatic hydroxyl groups is 1. The average molecular weight is 668 g/mol. The number of amides is 2. The largest absolute Gasteiger partial charge is 0.481 e. The number of terminal acetylenes is 1. The maximum atomic E-state index is 13.4. The van der Waals surface area contributed by atoms with Crippen molar-refractivity contribution in [2.75, 3.05) is 13.2 Å². The highest BCUT2D eigenvalue weighted by Gasteiger charge is 2.63. The Labute approximate surface area is 286 Å². The SMILES string of the molecule is C#C[C@@]1(O)CC[C@@H]2[C@@H]3CCC4=CC(=NOCC(=O)N[C@H](C(=O)N[C@H](CC(=O)O)[C@@H]5CCOC(C)(C)C5)C(C)C)CC[C@]4(C)[C@@H]3CC[C@@]21C. The molecule has 0 aromatic carbocycles. The number of carboxylic acid groups (broad SMARTS) is 1. The van der Waals surface area contributed by atoms with Gasteiger partial charge in [0.2, 0.25) is 5.91 Å². The van der Waals surface area contributed by atoms with Crippen LogP contribution in [-0.2, 0) is 24.0 Å². The average Bonchev–Trinajstić information content (AvgIpc) is 3.29. The summed E-state index contributed by atoms with van der Waals surface area (Å²) in [6.45, 7) is 12.4. The number of aliphatic carboxylic acids is 1. The molecule has 4 N–H and O–H groups in total. The van der Waals surface area contributed by atoms with Gasteiger partial charge in [0.05, 0.1) is 17.7 Å². The first-order valence-corrected chi connectivity index (χ1v) is 18.1. The fraction of sp³-hybridized carbons (Fsp3) is 0.789. The maximum absolute atomic E-state index is 13.4. The van der Waals surface area contributed by atoms with Crippen LogP contribution in [0.1, 0.15) is 112 Å². The zero-order chi connectivity index (χ0) is 35.1. The summed E-state index contributed by atoms with van der Waals surface area (Å²) in [7, 11) is 0. The summed E-state index contributed by atoms with van der Waals surface area (Å²) in [4.78, 5) is 43.5. The van der Waals surface area contributed by atoms with Crippen LogP contribution in [0.25, 0.3) is 0 Å². The van der Waals surface area contributed by atoms with Crippen LogP contribution in [0.5, 0.6) is 0 Å². The van der Waals surface area contributed by atoms with Crippen molar-refractivity contribution in [1.82, 2.24) is 10.6 Å². The lowest BCUT2D eigenvalue weighted by Gasteiger charge is -2.58. The number of nitrogens with zero attached hydrogens (tertiary/aromatic N) is 1. The highest BCUT2D eigenvalue weighted by atomic mass is 16.6. The van der Waals surface area contributed by atoms with E-state index in [4.69, 9.17) is 16.0 Å². The molecule has 10 heteroatoms. The smallest absolute Gasteiger partial charge is 0.305 e. The Morgan fingerprint density at radius 1 is 1.06 bits per heavy atom. The fourth-order valence-electron chi connectivity index (χ4n) is 10.2. The minimum atomic E-state index is -1.00. The highest BCUT2D eigenvalue weighted by molar-refractivity contribution is 5.96. The second kappa shape index (κ2) is 13.8. The molecule has 5 aliphatic rings. The molecule has 1 aliphatic heterocycles. The van der Waals surface area contributed by atoms with Crippen molar-refractivity contribution < 1.29 is 34.2 Å². The molecule has 0 unspecified atom stereocenters. The standard InChI is InChI=1S/C38H57N3O7/c1-8-38(46)17-13-29-27-10-9-25-19-26(11-15-36(25,6)28(27)12-16-37(29,38)7)41-48-22-31(42)40-33(23(2)3)34(45)39-30(20-32(43)44)24-14-18-47-35(4,5)21-24/h1,19,23-24,27-30,33,46H,9-18,20-22H2,2-7H3,(H,39,45)(H,40,42)(H,43,44)/t24-,27-,28-,29-,30-,33+,36+,37+,38-/m1/s1. The first-order chi connectivity index (χ1) is 22.5. The molecule has 48 heavy (non-hydrogen) atoms. The molecule has 4 fully saturated rings. The highest BCUT2D eigenvalue weighted by Crippen LogP contribution is 2.67. The van der Waals surface area contributed by atoms with E-state index in [2.05, 4.69) is 41.6 Å². The second-order valence-corrected chi connectivity index (χ2v) is 16.7. The topological polar surface area (TPSA) is 147 Å². The molecule has 10 nitrogen and oxygen atoms in total. The molecule has 4 aliphatic carbocycles. The van der Waals surface area contributed by atoms with Crippen LogP contribution in [-0.4, -0.2) is 70.2 Å². The van der Waals surface area contributed by atoms with E-state index in [-0.39, 0.29) is 35.7 Å². The first-order valence-electron chi connectivity index (χ1n) is 18.1. The third-order valence-electron chi connectivity index (χ3n) is 13.0. The third-order valence-corrected chi connectivity index (χ3v) is 13.0. The van der Waals surface area contributed by atoms with Crippen molar-refractivity contribution in [2.24, 2.45) is 45.6 Å². The van der Waals surface area contributed by atoms with Gasteiger partial charge < -0.3 is 30.4 Å². The number of hydrogen-bond donors (Lipinski definition) is 4. The summed E-state index contributed by atoms with van der Waals surface area (Å²) in [6.07, 6.45) is 16.6. The Morgan fingerprint density at radius 3 is 2.46 bits per heavy atom. The van der Waals surface area contributed by atoms with E-state index in [0.717, 1.165) is 50.7 Å². The number of ether oxygens (including phenoxy) is 1. The van der Waals surface area contributed by atoms with Gasteiger partial charge in [-0.1, -0.05) is 44.3 Å². The number of carbonyl (C=O) groups excluding carboxylic acids is 2. The van der Waals surface area contributed by atoms with Gasteiger partial charge in [-0.2, -0.15) is 0 Å². The molecule has 2 amide bonds. The Hall–Kier alpha value is -2.90. The summed E-state index contributed by atoms with van der Waals surface area (Å²) in [5.74, 6) is 2.19. The van der Waals surface area contributed by atoms with E-state index >= 15 is 0 Å². The Bertz CT molecular complexity index is 1370. The monoisotopic (exact) mass is 667 g/mol. The Morgan fingerprint density at radius 2 is 1.79 bits per heavy atom. The Kier molecular flexibility index (Phi) is 10.4. The number of carboxylic acids is 1. The first kappa shape index (κ1) is 36.4. The van der Waals surface area contributed by atoms with Gasteiger partial charge in [0.1, 0.15) is 11.6 Å².